The molecule has 0 aromatic carbocycles. The molecule has 19 heteroatoms. The molecule has 0 rings (SSSR count). The highest BCUT2D eigenvalue weighted by Gasteiger charge is 2.30. The van der Waals surface area contributed by atoms with Gasteiger partial charge in [0.1, 0.15) is 19.3 Å². The predicted molar refractivity (Wildman–Crippen MR) is 437 cm³/mol. The van der Waals surface area contributed by atoms with E-state index in [0.29, 0.717) is 25.7 Å². The van der Waals surface area contributed by atoms with E-state index < -0.39 is 97.5 Å². The van der Waals surface area contributed by atoms with Gasteiger partial charge in [-0.1, -0.05) is 420 Å². The maximum Gasteiger partial charge on any atom is 0.472 e. The second-order valence-corrected chi connectivity index (χ2v) is 34.4. The molecule has 630 valence electrons. The highest BCUT2D eigenvalue weighted by molar-refractivity contribution is 7.47. The van der Waals surface area contributed by atoms with Crippen LogP contribution in [0.5, 0.6) is 0 Å². The van der Waals surface area contributed by atoms with Gasteiger partial charge in [-0.2, -0.15) is 0 Å². The minimum Gasteiger partial charge on any atom is -0.462 e. The Hall–Kier alpha value is -1.94. The van der Waals surface area contributed by atoms with Gasteiger partial charge in [0.15, 0.2) is 12.2 Å². The van der Waals surface area contributed by atoms with Crippen molar-refractivity contribution in [3.8, 4) is 0 Å². The third kappa shape index (κ3) is 78.7. The zero-order chi connectivity index (χ0) is 77.6. The number of ether oxygens (including phenoxy) is 4. The molecule has 0 fully saturated rings. The molecule has 0 aliphatic heterocycles. The van der Waals surface area contributed by atoms with Crippen LogP contribution in [-0.4, -0.2) is 96.7 Å². The third-order valence-electron chi connectivity index (χ3n) is 20.9. The van der Waals surface area contributed by atoms with Crippen LogP contribution in [-0.2, 0) is 65.4 Å². The van der Waals surface area contributed by atoms with E-state index in [1.165, 1.54) is 295 Å². The van der Waals surface area contributed by atoms with E-state index in [2.05, 4.69) is 34.6 Å². The molecule has 0 aromatic heterocycles. The number of phosphoric ester groups is 2. The molecule has 0 amide bonds. The predicted octanol–water partition coefficient (Wildman–Crippen LogP) is 26.8. The number of esters is 4. The summed E-state index contributed by atoms with van der Waals surface area (Å²) in [5.41, 5.74) is 0. The molecule has 0 aliphatic carbocycles. The van der Waals surface area contributed by atoms with E-state index in [0.717, 1.165) is 95.8 Å². The quantitative estimate of drug-likeness (QED) is 0.0222. The van der Waals surface area contributed by atoms with Crippen molar-refractivity contribution in [3.63, 3.8) is 0 Å². The summed E-state index contributed by atoms with van der Waals surface area (Å²) in [6.07, 6.45) is 73.5. The van der Waals surface area contributed by atoms with Gasteiger partial charge < -0.3 is 33.8 Å². The SMILES string of the molecule is CCCCCCCCCCCCCCCCCCCCCCC(=O)O[C@H](COC(=O)CCCCCCCCCCCCCCCCCCCCC)COP(=O)(O)OC[C@@H](O)COP(=O)(O)OC[C@@H](COC(=O)CCCCCCCCCCCCCCC)OC(=O)CCCCCCCCCCCCC(C)CC. The summed E-state index contributed by atoms with van der Waals surface area (Å²) < 4.78 is 69.0. The lowest BCUT2D eigenvalue weighted by molar-refractivity contribution is -0.161. The maximum absolute atomic E-state index is 13.2. The highest BCUT2D eigenvalue weighted by atomic mass is 31.2. The van der Waals surface area contributed by atoms with Crippen LogP contribution in [0.25, 0.3) is 0 Å². The number of rotatable bonds is 87. The molecule has 0 aliphatic rings. The lowest BCUT2D eigenvalue weighted by Gasteiger charge is -2.21. The zero-order valence-electron chi connectivity index (χ0n) is 69.6. The summed E-state index contributed by atoms with van der Waals surface area (Å²) in [5.74, 6) is -1.29. The summed E-state index contributed by atoms with van der Waals surface area (Å²) in [7, 11) is -9.93. The van der Waals surface area contributed by atoms with E-state index in [4.69, 9.17) is 37.0 Å². The molecule has 106 heavy (non-hydrogen) atoms. The molecule has 17 nitrogen and oxygen atoms in total. The van der Waals surface area contributed by atoms with Gasteiger partial charge in [0.25, 0.3) is 0 Å². The van der Waals surface area contributed by atoms with Crippen molar-refractivity contribution >= 4 is 39.5 Å². The molecule has 0 saturated carbocycles. The van der Waals surface area contributed by atoms with Crippen molar-refractivity contribution in [1.29, 1.82) is 0 Å². The molecule has 0 heterocycles. The molecule has 0 bridgehead atoms. The number of carbonyl (C=O) groups excluding carboxylic acids is 4. The van der Waals surface area contributed by atoms with Gasteiger partial charge >= 0.3 is 39.5 Å². The Balaban J connectivity index is 5.25. The molecule has 0 saturated heterocycles. The standard InChI is InChI=1S/C87H170O17P2/c1-6-10-13-16-19-22-25-28-30-32-34-36-38-40-43-46-52-57-62-67-72-86(91)103-82(76-98-85(90)71-66-61-56-51-45-42-39-37-35-33-31-29-26-23-20-17-14-11-7-2)78-101-105(93,94)99-74-81(88)75-100-106(95,96)102-79-83(77-97-84(89)70-65-60-55-50-44-41-27-24-21-18-15-12-8-3)104-87(92)73-68-63-58-53-48-47-49-54-59-64-69-80(5)9-4/h80-83,88H,6-79H2,1-5H3,(H,93,94)(H,95,96)/t80?,81-,82-,83-/m1/s1. The number of unbranched alkanes of at least 4 members (excludes halogenated alkanes) is 58. The molecule has 0 radical (unpaired) electrons. The Morgan fingerprint density at radius 2 is 0.453 bits per heavy atom. The molecular weight excluding hydrogens is 1380 g/mol. The average Bonchev–Trinajstić information content (AvgIpc) is 0.900. The van der Waals surface area contributed by atoms with Crippen LogP contribution < -0.4 is 0 Å². The Kier molecular flexibility index (Phi) is 78.2. The minimum atomic E-state index is -4.97. The van der Waals surface area contributed by atoms with Crippen LogP contribution in [0.1, 0.15) is 471 Å². The van der Waals surface area contributed by atoms with E-state index in [9.17, 15) is 43.2 Å². The number of hydrogen-bond donors (Lipinski definition) is 3. The summed E-state index contributed by atoms with van der Waals surface area (Å²) >= 11 is 0. The van der Waals surface area contributed by atoms with Gasteiger partial charge in [-0.15, -0.1) is 0 Å². The first-order chi connectivity index (χ1) is 51.6. The van der Waals surface area contributed by atoms with E-state index in [1.54, 1.807) is 0 Å². The summed E-state index contributed by atoms with van der Waals surface area (Å²) in [5, 5.41) is 10.7. The number of aliphatic hydroxyl groups is 1. The van der Waals surface area contributed by atoms with Gasteiger partial charge in [-0.05, 0) is 31.6 Å². The number of hydrogen-bond acceptors (Lipinski definition) is 15. The van der Waals surface area contributed by atoms with Crippen molar-refractivity contribution in [2.75, 3.05) is 39.6 Å². The zero-order valence-corrected chi connectivity index (χ0v) is 71.4. The van der Waals surface area contributed by atoms with Crippen molar-refractivity contribution in [2.45, 2.75) is 490 Å². The molecule has 3 N–H and O–H groups in total. The van der Waals surface area contributed by atoms with Crippen molar-refractivity contribution < 1.29 is 80.2 Å². The third-order valence-corrected chi connectivity index (χ3v) is 22.8. The average molecular weight is 1550 g/mol. The first-order valence-corrected chi connectivity index (χ1v) is 48.2. The molecule has 3 unspecified atom stereocenters. The van der Waals surface area contributed by atoms with Gasteiger partial charge in [-0.3, -0.25) is 37.3 Å². The van der Waals surface area contributed by atoms with Crippen molar-refractivity contribution in [1.82, 2.24) is 0 Å². The first kappa shape index (κ1) is 104. The number of phosphoric acid groups is 2. The van der Waals surface area contributed by atoms with Crippen LogP contribution in [0.3, 0.4) is 0 Å². The van der Waals surface area contributed by atoms with Gasteiger partial charge in [0, 0.05) is 25.7 Å². The van der Waals surface area contributed by atoms with E-state index in [-0.39, 0.29) is 25.7 Å². The Bertz CT molecular complexity index is 2020. The number of carbonyl (C=O) groups is 4. The van der Waals surface area contributed by atoms with Gasteiger partial charge in [0.2, 0.25) is 0 Å². The van der Waals surface area contributed by atoms with E-state index >= 15 is 0 Å². The monoisotopic (exact) mass is 1550 g/mol. The molecule has 6 atom stereocenters. The van der Waals surface area contributed by atoms with Crippen LogP contribution in [0.2, 0.25) is 0 Å². The highest BCUT2D eigenvalue weighted by Crippen LogP contribution is 2.45. The van der Waals surface area contributed by atoms with Crippen LogP contribution in [0, 0.1) is 5.92 Å². The molecule has 0 aromatic rings. The van der Waals surface area contributed by atoms with E-state index in [1.807, 2.05) is 0 Å². The maximum atomic E-state index is 13.2. The largest absolute Gasteiger partial charge is 0.472 e. The number of aliphatic hydroxyl groups excluding tert-OH is 1. The lowest BCUT2D eigenvalue weighted by atomic mass is 9.99. The fraction of sp³-hybridized carbons (Fsp3) is 0.954. The van der Waals surface area contributed by atoms with Crippen LogP contribution >= 0.6 is 15.6 Å². The minimum absolute atomic E-state index is 0.107. The van der Waals surface area contributed by atoms with Gasteiger partial charge in [-0.25, -0.2) is 9.13 Å². The first-order valence-electron chi connectivity index (χ1n) is 45.2. The fourth-order valence-corrected chi connectivity index (χ4v) is 15.2. The van der Waals surface area contributed by atoms with Crippen molar-refractivity contribution in [3.05, 3.63) is 0 Å². The summed E-state index contributed by atoms with van der Waals surface area (Å²) in [4.78, 5) is 73.3. The normalized spacial score (nSPS) is 14.0. The smallest absolute Gasteiger partial charge is 0.462 e. The van der Waals surface area contributed by atoms with Crippen molar-refractivity contribution in [2.24, 2.45) is 5.92 Å². The molecular formula is C87H170O17P2. The summed E-state index contributed by atoms with van der Waals surface area (Å²) in [6, 6.07) is 0. The van der Waals surface area contributed by atoms with Crippen LogP contribution in [0.4, 0.5) is 0 Å². The lowest BCUT2D eigenvalue weighted by Crippen LogP contribution is -2.30. The van der Waals surface area contributed by atoms with Gasteiger partial charge in [0.05, 0.1) is 26.4 Å². The summed E-state index contributed by atoms with van der Waals surface area (Å²) in [6.45, 7) is 7.40. The van der Waals surface area contributed by atoms with Crippen LogP contribution in [0.15, 0.2) is 0 Å². The topological polar surface area (TPSA) is 237 Å². The second-order valence-electron chi connectivity index (χ2n) is 31.5. The Morgan fingerprint density at radius 1 is 0.264 bits per heavy atom. The molecule has 0 spiro atoms. The Morgan fingerprint density at radius 3 is 0.670 bits per heavy atom. The second kappa shape index (κ2) is 79.7. The fourth-order valence-electron chi connectivity index (χ4n) is 13.6. The Labute approximate surface area is 651 Å².